The Labute approximate surface area is 69.3 Å². The van der Waals surface area contributed by atoms with Crippen LogP contribution in [0.25, 0.3) is 0 Å². The Kier molecular flexibility index (Phi) is 2.93. The third-order valence-electron chi connectivity index (χ3n) is 1.55. The normalized spacial score (nSPS) is 19.2. The second-order valence-electron chi connectivity index (χ2n) is 2.37. The van der Waals surface area contributed by atoms with E-state index in [-0.39, 0.29) is 32.1 Å². The van der Waals surface area contributed by atoms with Crippen molar-refractivity contribution in [2.24, 2.45) is 0 Å². The molecule has 12 heavy (non-hydrogen) atoms. The summed E-state index contributed by atoms with van der Waals surface area (Å²) in [6.45, 7) is -0.0272. The Balaban J connectivity index is 2.67. The molecule has 0 spiro atoms. The van der Waals surface area contributed by atoms with E-state index in [2.05, 4.69) is 0 Å². The van der Waals surface area contributed by atoms with Crippen LogP contribution in [0.1, 0.15) is 6.42 Å². The molecule has 0 aromatic heterocycles. The molecule has 0 atom stereocenters. The molecule has 1 aliphatic heterocycles. The van der Waals surface area contributed by atoms with Crippen molar-refractivity contribution in [1.29, 1.82) is 0 Å². The number of amides is 2. The Morgan fingerprint density at radius 3 is 2.83 bits per heavy atom. The average Bonchev–Trinajstić information content (AvgIpc) is 2.19. The molecule has 1 rings (SSSR count). The van der Waals surface area contributed by atoms with Crippen LogP contribution in [0.4, 0.5) is 0 Å². The Morgan fingerprint density at radius 2 is 2.17 bits per heavy atom. The number of ether oxygens (including phenoxy) is 1. The van der Waals surface area contributed by atoms with Crippen molar-refractivity contribution < 1.29 is 19.1 Å². The molecule has 0 aromatic carbocycles. The van der Waals surface area contributed by atoms with Gasteiger partial charge in [-0.15, -0.1) is 0 Å². The van der Waals surface area contributed by atoms with Gasteiger partial charge in [-0.25, -0.2) is 0 Å². The highest BCUT2D eigenvalue weighted by Gasteiger charge is 2.23. The molecule has 5 heteroatoms. The van der Waals surface area contributed by atoms with E-state index in [1.165, 1.54) is 0 Å². The third-order valence-corrected chi connectivity index (χ3v) is 1.55. The van der Waals surface area contributed by atoms with Crippen LogP contribution >= 0.6 is 0 Å². The van der Waals surface area contributed by atoms with Gasteiger partial charge in [-0.3, -0.25) is 14.5 Å². The fourth-order valence-electron chi connectivity index (χ4n) is 0.949. The van der Waals surface area contributed by atoms with Crippen LogP contribution < -0.4 is 0 Å². The summed E-state index contributed by atoms with van der Waals surface area (Å²) in [5.41, 5.74) is 0. The Hall–Kier alpha value is -1.23. The van der Waals surface area contributed by atoms with Gasteiger partial charge in [0, 0.05) is 0 Å². The molecule has 0 bridgehead atoms. The summed E-state index contributed by atoms with van der Waals surface area (Å²) in [4.78, 5) is 33.1. The first-order chi connectivity index (χ1) is 5.75. The van der Waals surface area contributed by atoms with Crippen molar-refractivity contribution in [2.45, 2.75) is 6.42 Å². The van der Waals surface area contributed by atoms with E-state index in [0.29, 0.717) is 6.29 Å². The SMILES string of the molecule is O=CCN1C(=O)CCOCC1=O. The first kappa shape index (κ1) is 8.86. The summed E-state index contributed by atoms with van der Waals surface area (Å²) in [5, 5.41) is 0. The van der Waals surface area contributed by atoms with E-state index in [0.717, 1.165) is 4.90 Å². The molecule has 0 unspecified atom stereocenters. The summed E-state index contributed by atoms with van der Waals surface area (Å²) in [6, 6.07) is 0. The molecule has 1 saturated heterocycles. The van der Waals surface area contributed by atoms with Crippen molar-refractivity contribution in [3.8, 4) is 0 Å². The summed E-state index contributed by atoms with van der Waals surface area (Å²) < 4.78 is 4.83. The minimum Gasteiger partial charge on any atom is -0.371 e. The predicted octanol–water partition coefficient (Wildman–Crippen LogP) is -1.04. The molecule has 1 aliphatic rings. The van der Waals surface area contributed by atoms with Gasteiger partial charge < -0.3 is 9.53 Å². The highest BCUT2D eigenvalue weighted by Crippen LogP contribution is 2.00. The van der Waals surface area contributed by atoms with Crippen LogP contribution in [-0.4, -0.2) is 42.8 Å². The lowest BCUT2D eigenvalue weighted by molar-refractivity contribution is -0.145. The minimum absolute atomic E-state index is 0.112. The minimum atomic E-state index is -0.440. The number of hydrogen-bond donors (Lipinski definition) is 0. The lowest BCUT2D eigenvalue weighted by Crippen LogP contribution is -2.38. The van der Waals surface area contributed by atoms with E-state index in [1.54, 1.807) is 0 Å². The van der Waals surface area contributed by atoms with Crippen molar-refractivity contribution in [2.75, 3.05) is 19.8 Å². The molecular formula is C7H9NO4. The van der Waals surface area contributed by atoms with Gasteiger partial charge in [0.15, 0.2) is 0 Å². The maximum absolute atomic E-state index is 11.1. The quantitative estimate of drug-likeness (QED) is 0.393. The Morgan fingerprint density at radius 1 is 1.42 bits per heavy atom. The monoisotopic (exact) mass is 171 g/mol. The second-order valence-corrected chi connectivity index (χ2v) is 2.37. The van der Waals surface area contributed by atoms with Gasteiger partial charge in [-0.1, -0.05) is 0 Å². The van der Waals surface area contributed by atoms with Crippen molar-refractivity contribution in [3.05, 3.63) is 0 Å². The van der Waals surface area contributed by atoms with E-state index in [4.69, 9.17) is 4.74 Å². The largest absolute Gasteiger partial charge is 0.371 e. The molecule has 0 radical (unpaired) electrons. The fourth-order valence-corrected chi connectivity index (χ4v) is 0.949. The summed E-state index contributed by atoms with van der Waals surface area (Å²) in [5.74, 6) is -0.783. The van der Waals surface area contributed by atoms with E-state index < -0.39 is 5.91 Å². The van der Waals surface area contributed by atoms with E-state index in [9.17, 15) is 14.4 Å². The number of carbonyl (C=O) groups excluding carboxylic acids is 3. The van der Waals surface area contributed by atoms with Crippen molar-refractivity contribution in [3.63, 3.8) is 0 Å². The van der Waals surface area contributed by atoms with Gasteiger partial charge >= 0.3 is 0 Å². The van der Waals surface area contributed by atoms with Crippen LogP contribution in [-0.2, 0) is 19.1 Å². The van der Waals surface area contributed by atoms with Gasteiger partial charge in [0.2, 0.25) is 5.91 Å². The zero-order chi connectivity index (χ0) is 8.97. The fraction of sp³-hybridized carbons (Fsp3) is 0.571. The maximum atomic E-state index is 11.1. The predicted molar refractivity (Wildman–Crippen MR) is 38.2 cm³/mol. The molecule has 1 fully saturated rings. The zero-order valence-electron chi connectivity index (χ0n) is 6.49. The number of carbonyl (C=O) groups is 3. The average molecular weight is 171 g/mol. The molecule has 5 nitrogen and oxygen atoms in total. The van der Waals surface area contributed by atoms with E-state index >= 15 is 0 Å². The lowest BCUT2D eigenvalue weighted by atomic mass is 10.4. The summed E-state index contributed by atoms with van der Waals surface area (Å²) in [7, 11) is 0. The first-order valence-corrected chi connectivity index (χ1v) is 3.60. The number of rotatable bonds is 2. The molecule has 0 saturated carbocycles. The Bertz CT molecular complexity index is 195. The smallest absolute Gasteiger partial charge is 0.255 e. The molecular weight excluding hydrogens is 162 g/mol. The van der Waals surface area contributed by atoms with Gasteiger partial charge in [0.1, 0.15) is 12.9 Å². The van der Waals surface area contributed by atoms with E-state index in [1.807, 2.05) is 0 Å². The molecule has 0 aliphatic carbocycles. The van der Waals surface area contributed by atoms with Gasteiger partial charge in [-0.2, -0.15) is 0 Å². The number of aldehydes is 1. The molecule has 2 amide bonds. The lowest BCUT2D eigenvalue weighted by Gasteiger charge is -2.13. The highest BCUT2D eigenvalue weighted by atomic mass is 16.5. The zero-order valence-corrected chi connectivity index (χ0v) is 6.49. The van der Waals surface area contributed by atoms with Crippen molar-refractivity contribution in [1.82, 2.24) is 4.90 Å². The van der Waals surface area contributed by atoms with Gasteiger partial charge in [0.25, 0.3) is 5.91 Å². The summed E-state index contributed by atoms with van der Waals surface area (Å²) in [6.07, 6.45) is 0.695. The third kappa shape index (κ3) is 1.88. The van der Waals surface area contributed by atoms with Crippen LogP contribution in [0.2, 0.25) is 0 Å². The van der Waals surface area contributed by atoms with Crippen LogP contribution in [0.15, 0.2) is 0 Å². The molecule has 1 heterocycles. The standard InChI is InChI=1S/C7H9NO4/c9-3-2-8-6(10)1-4-12-5-7(8)11/h3H,1-2,4-5H2. The van der Waals surface area contributed by atoms with Crippen molar-refractivity contribution >= 4 is 18.1 Å². The highest BCUT2D eigenvalue weighted by molar-refractivity contribution is 5.98. The van der Waals surface area contributed by atoms with Gasteiger partial charge in [-0.05, 0) is 0 Å². The number of imide groups is 1. The second kappa shape index (κ2) is 3.96. The maximum Gasteiger partial charge on any atom is 0.255 e. The topological polar surface area (TPSA) is 63.7 Å². The van der Waals surface area contributed by atoms with Gasteiger partial charge in [0.05, 0.1) is 19.6 Å². The summed E-state index contributed by atoms with van der Waals surface area (Å²) >= 11 is 0. The number of nitrogens with zero attached hydrogens (tertiary/aromatic N) is 1. The first-order valence-electron chi connectivity index (χ1n) is 3.60. The number of hydrogen-bond acceptors (Lipinski definition) is 4. The van der Waals surface area contributed by atoms with Crippen LogP contribution in [0.3, 0.4) is 0 Å². The van der Waals surface area contributed by atoms with Crippen LogP contribution in [0.5, 0.6) is 0 Å². The molecule has 0 aromatic rings. The molecule has 66 valence electrons. The van der Waals surface area contributed by atoms with Crippen LogP contribution in [0, 0.1) is 0 Å². The molecule has 0 N–H and O–H groups in total.